The largest absolute Gasteiger partial charge is 0.493 e. The van der Waals surface area contributed by atoms with Gasteiger partial charge in [-0.3, -0.25) is 9.78 Å². The number of ether oxygens (including phenoxy) is 3. The number of nitrogens with zero attached hydrogens (tertiary/aromatic N) is 3. The maximum absolute atomic E-state index is 13.1. The lowest BCUT2D eigenvalue weighted by Gasteiger charge is -2.47. The SMILES string of the molecule is CCN1CC(CN(C)CC2COc3cc4c(cc3OC2)C2(CCC(Nc3cccc(Cl)c3)(C(=O)O)CC2)C(C[C@@H](C)COc2ccnc3c2[C@H](C)CCC3)C4)CC1=O. The molecule has 0 radical (unpaired) electrons. The van der Waals surface area contributed by atoms with E-state index in [0.29, 0.717) is 61.9 Å². The molecule has 1 spiro atoms. The highest BCUT2D eigenvalue weighted by Crippen LogP contribution is 2.58. The molecule has 58 heavy (non-hydrogen) atoms. The molecule has 8 rings (SSSR count). The number of aliphatic carboxylic acids is 1. The summed E-state index contributed by atoms with van der Waals surface area (Å²) in [7, 11) is 2.13. The Morgan fingerprint density at radius 3 is 2.57 bits per heavy atom. The Hall–Kier alpha value is -4.02. The van der Waals surface area contributed by atoms with Crippen LogP contribution >= 0.6 is 11.6 Å². The molecule has 0 bridgehead atoms. The van der Waals surface area contributed by atoms with Crippen LogP contribution in [0.5, 0.6) is 17.2 Å². The number of carbonyl (C=O) groups is 2. The molecule has 312 valence electrons. The van der Waals surface area contributed by atoms with E-state index in [1.807, 2.05) is 36.2 Å². The summed E-state index contributed by atoms with van der Waals surface area (Å²) in [6.07, 6.45) is 10.2. The average molecular weight is 813 g/mol. The number of benzene rings is 2. The number of nitrogens with one attached hydrogen (secondary N) is 1. The van der Waals surface area contributed by atoms with Crippen molar-refractivity contribution in [2.45, 2.75) is 102 Å². The fourth-order valence-corrected chi connectivity index (χ4v) is 11.3. The molecule has 2 fully saturated rings. The molecule has 1 amide bonds. The van der Waals surface area contributed by atoms with Crippen LogP contribution in [0.25, 0.3) is 0 Å². The van der Waals surface area contributed by atoms with Gasteiger partial charge in [-0.05, 0) is 148 Å². The first-order valence-electron chi connectivity index (χ1n) is 21.7. The molecule has 2 aliphatic heterocycles. The number of amides is 1. The van der Waals surface area contributed by atoms with E-state index in [9.17, 15) is 14.7 Å². The summed E-state index contributed by atoms with van der Waals surface area (Å²) in [6.45, 7) is 11.7. The van der Waals surface area contributed by atoms with Crippen LogP contribution in [0.15, 0.2) is 48.7 Å². The molecule has 11 heteroatoms. The first-order valence-corrected chi connectivity index (χ1v) is 22.1. The van der Waals surface area contributed by atoms with Gasteiger partial charge >= 0.3 is 5.97 Å². The lowest BCUT2D eigenvalue weighted by molar-refractivity contribution is -0.144. The molecule has 1 saturated carbocycles. The molecule has 5 atom stereocenters. The van der Waals surface area contributed by atoms with E-state index in [0.717, 1.165) is 87.6 Å². The topological polar surface area (TPSA) is 113 Å². The van der Waals surface area contributed by atoms with E-state index in [4.69, 9.17) is 25.8 Å². The van der Waals surface area contributed by atoms with Gasteiger partial charge in [0, 0.05) is 66.7 Å². The molecule has 2 aromatic carbocycles. The van der Waals surface area contributed by atoms with Crippen LogP contribution in [-0.2, 0) is 27.8 Å². The third-order valence-electron chi connectivity index (χ3n) is 14.1. The number of fused-ring (bicyclic) bond motifs is 4. The quantitative estimate of drug-likeness (QED) is 0.176. The van der Waals surface area contributed by atoms with Crippen molar-refractivity contribution < 1.29 is 28.9 Å². The fraction of sp³-hybridized carbons (Fsp3) is 0.596. The molecule has 2 N–H and O–H groups in total. The zero-order chi connectivity index (χ0) is 40.6. The number of carboxylic acids is 1. The molecule has 5 aliphatic rings. The molecule has 3 heterocycles. The highest BCUT2D eigenvalue weighted by Gasteiger charge is 2.54. The number of carbonyl (C=O) groups excluding carboxylic acids is 1. The molecule has 3 unspecified atom stereocenters. The van der Waals surface area contributed by atoms with Gasteiger partial charge in [0.2, 0.25) is 5.91 Å². The van der Waals surface area contributed by atoms with Gasteiger partial charge in [0.1, 0.15) is 11.3 Å². The van der Waals surface area contributed by atoms with Crippen LogP contribution in [0.1, 0.15) is 100 Å². The predicted octanol–water partition coefficient (Wildman–Crippen LogP) is 8.39. The number of aromatic nitrogens is 1. The maximum Gasteiger partial charge on any atom is 0.329 e. The second-order valence-corrected chi connectivity index (χ2v) is 18.8. The second-order valence-electron chi connectivity index (χ2n) is 18.4. The van der Waals surface area contributed by atoms with Crippen LogP contribution in [0.2, 0.25) is 5.02 Å². The van der Waals surface area contributed by atoms with Crippen molar-refractivity contribution in [2.24, 2.45) is 23.7 Å². The number of hydrogen-bond acceptors (Lipinski definition) is 8. The van der Waals surface area contributed by atoms with E-state index in [1.54, 1.807) is 12.1 Å². The summed E-state index contributed by atoms with van der Waals surface area (Å²) >= 11 is 6.33. The van der Waals surface area contributed by atoms with Crippen molar-refractivity contribution in [1.82, 2.24) is 14.8 Å². The van der Waals surface area contributed by atoms with Gasteiger partial charge in [0.15, 0.2) is 11.5 Å². The van der Waals surface area contributed by atoms with Crippen LogP contribution in [0.3, 0.4) is 0 Å². The van der Waals surface area contributed by atoms with Gasteiger partial charge in [0.25, 0.3) is 0 Å². The minimum absolute atomic E-state index is 0.187. The number of pyridine rings is 1. The number of anilines is 1. The van der Waals surface area contributed by atoms with E-state index < -0.39 is 11.5 Å². The van der Waals surface area contributed by atoms with Gasteiger partial charge < -0.3 is 34.4 Å². The molecular weight excluding hydrogens is 752 g/mol. The highest BCUT2D eigenvalue weighted by molar-refractivity contribution is 6.30. The van der Waals surface area contributed by atoms with Gasteiger partial charge in [-0.25, -0.2) is 4.79 Å². The second kappa shape index (κ2) is 16.9. The number of halogens is 1. The van der Waals surface area contributed by atoms with Gasteiger partial charge in [0.05, 0.1) is 19.8 Å². The number of rotatable bonds is 13. The summed E-state index contributed by atoms with van der Waals surface area (Å²) in [5.41, 5.74) is 4.44. The van der Waals surface area contributed by atoms with Crippen molar-refractivity contribution in [1.29, 1.82) is 0 Å². The molecule has 1 aromatic heterocycles. The van der Waals surface area contributed by atoms with E-state index in [1.165, 1.54) is 28.8 Å². The zero-order valence-corrected chi connectivity index (χ0v) is 35.5. The van der Waals surface area contributed by atoms with Crippen molar-refractivity contribution in [3.8, 4) is 17.2 Å². The highest BCUT2D eigenvalue weighted by atomic mass is 35.5. The van der Waals surface area contributed by atoms with Crippen molar-refractivity contribution in [3.05, 3.63) is 76.1 Å². The molecular formula is C47H61ClN4O6. The molecule has 3 aromatic rings. The number of likely N-dealkylation sites (tertiary alicyclic amines) is 1. The first-order chi connectivity index (χ1) is 27.9. The van der Waals surface area contributed by atoms with Crippen LogP contribution in [-0.4, -0.2) is 90.4 Å². The van der Waals surface area contributed by atoms with Crippen LogP contribution in [0, 0.1) is 23.7 Å². The summed E-state index contributed by atoms with van der Waals surface area (Å²) in [5.74, 6) is 3.56. The molecule has 1 saturated heterocycles. The minimum atomic E-state index is -1.10. The monoisotopic (exact) mass is 812 g/mol. The predicted molar refractivity (Wildman–Crippen MR) is 226 cm³/mol. The Balaban J connectivity index is 1.00. The van der Waals surface area contributed by atoms with E-state index >= 15 is 0 Å². The smallest absolute Gasteiger partial charge is 0.329 e. The molecule has 3 aliphatic carbocycles. The van der Waals surface area contributed by atoms with Gasteiger partial charge in [-0.15, -0.1) is 0 Å². The summed E-state index contributed by atoms with van der Waals surface area (Å²) < 4.78 is 19.8. The van der Waals surface area contributed by atoms with Crippen molar-refractivity contribution >= 4 is 29.2 Å². The van der Waals surface area contributed by atoms with Crippen molar-refractivity contribution in [2.75, 3.05) is 58.4 Å². The van der Waals surface area contributed by atoms with Crippen LogP contribution < -0.4 is 19.5 Å². The Labute approximate surface area is 349 Å². The molecule has 10 nitrogen and oxygen atoms in total. The van der Waals surface area contributed by atoms with Crippen molar-refractivity contribution in [3.63, 3.8) is 0 Å². The first kappa shape index (κ1) is 40.7. The Morgan fingerprint density at radius 1 is 1.09 bits per heavy atom. The average Bonchev–Trinajstić information content (AvgIpc) is 3.61. The fourth-order valence-electron chi connectivity index (χ4n) is 11.1. The summed E-state index contributed by atoms with van der Waals surface area (Å²) in [5, 5.41) is 14.7. The van der Waals surface area contributed by atoms with Gasteiger partial charge in [-0.2, -0.15) is 0 Å². The number of carboxylic acid groups (broad SMARTS) is 1. The van der Waals surface area contributed by atoms with E-state index in [-0.39, 0.29) is 23.2 Å². The normalized spacial score (nSPS) is 28.2. The van der Waals surface area contributed by atoms with E-state index in [2.05, 4.69) is 48.2 Å². The van der Waals surface area contributed by atoms with Gasteiger partial charge in [-0.1, -0.05) is 31.5 Å². The third-order valence-corrected chi connectivity index (χ3v) is 14.4. The minimum Gasteiger partial charge on any atom is -0.493 e. The Morgan fingerprint density at radius 2 is 1.84 bits per heavy atom. The lowest BCUT2D eigenvalue weighted by atomic mass is 9.59. The number of hydrogen-bond donors (Lipinski definition) is 2. The summed E-state index contributed by atoms with van der Waals surface area (Å²) in [6, 6.07) is 13.9. The summed E-state index contributed by atoms with van der Waals surface area (Å²) in [4.78, 5) is 34.4. The van der Waals surface area contributed by atoms with Crippen LogP contribution in [0.4, 0.5) is 5.69 Å². The standard InChI is InChI=1S/C47H61ClN4O6/c1-5-52-26-32(19-43(52)53)24-51(4)25-33-28-57-41-21-34-20-35(18-30(2)27-56-40-12-17-49-39-11-6-8-31(3)44(39)40)46(38(34)23-42(41)58-29-33)13-15-47(16-14-46,45(54)55)50-37-10-7-9-36(48)22-37/h7,9-10,12,17,21-23,30-33,35,50H,5-6,8,11,13-16,18-20,24-29H2,1-4H3,(H,54,55)/t30-,31-,32?,33?,35?,46?,47?/m1/s1. The third kappa shape index (κ3) is 8.25. The maximum atomic E-state index is 13.1. The number of aryl methyl sites for hydroxylation is 1. The zero-order valence-electron chi connectivity index (χ0n) is 34.7. The lowest BCUT2D eigenvalue weighted by Crippen LogP contribution is -2.53. The Bertz CT molecular complexity index is 1980. The Kier molecular flexibility index (Phi) is 11.9.